The highest BCUT2D eigenvalue weighted by Crippen LogP contribution is 2.35. The van der Waals surface area contributed by atoms with E-state index in [1.54, 1.807) is 21.9 Å². The van der Waals surface area contributed by atoms with Crippen LogP contribution in [0.4, 0.5) is 23.8 Å². The first-order valence-electron chi connectivity index (χ1n) is 13.6. The molecule has 1 aromatic heterocycles. The molecule has 3 aromatic rings. The van der Waals surface area contributed by atoms with Gasteiger partial charge in [-0.2, -0.15) is 0 Å². The van der Waals surface area contributed by atoms with Gasteiger partial charge in [-0.15, -0.1) is 0 Å². The Labute approximate surface area is 241 Å². The summed E-state index contributed by atoms with van der Waals surface area (Å²) in [5.41, 5.74) is 0.710. The first kappa shape index (κ1) is 28.7. The molecule has 41 heavy (non-hydrogen) atoms. The molecule has 3 heterocycles. The fraction of sp³-hybridized carbons (Fsp3) is 0.367. The van der Waals surface area contributed by atoms with Gasteiger partial charge >= 0.3 is 6.09 Å². The summed E-state index contributed by atoms with van der Waals surface area (Å²) < 4.78 is 46.1. The Morgan fingerprint density at radius 3 is 2.34 bits per heavy atom. The molecule has 0 unspecified atom stereocenters. The second-order valence-corrected chi connectivity index (χ2v) is 10.7. The number of carbonyl (C=O) groups excluding carboxylic acids is 2. The number of hydrogen-bond acceptors (Lipinski definition) is 5. The van der Waals surface area contributed by atoms with Gasteiger partial charge in [-0.1, -0.05) is 17.7 Å². The van der Waals surface area contributed by atoms with E-state index < -0.39 is 29.6 Å². The van der Waals surface area contributed by atoms with Gasteiger partial charge in [-0.3, -0.25) is 4.79 Å². The number of rotatable bonds is 6. The topological polar surface area (TPSA) is 66.0 Å². The smallest absolute Gasteiger partial charge is 0.410 e. The van der Waals surface area contributed by atoms with Gasteiger partial charge in [-0.05, 0) is 73.9 Å². The van der Waals surface area contributed by atoms with E-state index in [4.69, 9.17) is 16.3 Å². The SMILES string of the molecule is CCN(C(=O)Oc1ccc(F)cc1)[C@@H]1CN(C(=O)C2CCN(c3ccc(F)cn3)CC2)C[C@H]1c1ccc(F)c(Cl)c1. The Bertz CT molecular complexity index is 1380. The van der Waals surface area contributed by atoms with Gasteiger partial charge < -0.3 is 19.4 Å². The van der Waals surface area contributed by atoms with E-state index in [-0.39, 0.29) is 35.1 Å². The lowest BCUT2D eigenvalue weighted by atomic mass is 9.93. The van der Waals surface area contributed by atoms with Crippen molar-refractivity contribution in [2.75, 3.05) is 37.6 Å². The summed E-state index contributed by atoms with van der Waals surface area (Å²) >= 11 is 6.11. The molecule has 0 spiro atoms. The lowest BCUT2D eigenvalue weighted by Gasteiger charge is -2.34. The Hall–Kier alpha value is -3.79. The van der Waals surface area contributed by atoms with E-state index in [9.17, 15) is 22.8 Å². The van der Waals surface area contributed by atoms with Crippen molar-refractivity contribution < 1.29 is 27.5 Å². The maximum Gasteiger partial charge on any atom is 0.415 e. The normalized spacial score (nSPS) is 19.3. The first-order valence-corrected chi connectivity index (χ1v) is 14.0. The van der Waals surface area contributed by atoms with Crippen LogP contribution < -0.4 is 9.64 Å². The molecule has 0 N–H and O–H groups in total. The van der Waals surface area contributed by atoms with Gasteiger partial charge in [0.1, 0.15) is 29.0 Å². The summed E-state index contributed by atoms with van der Waals surface area (Å²) in [7, 11) is 0. The predicted octanol–water partition coefficient (Wildman–Crippen LogP) is 5.88. The van der Waals surface area contributed by atoms with Gasteiger partial charge in [0.25, 0.3) is 0 Å². The van der Waals surface area contributed by atoms with E-state index in [0.29, 0.717) is 50.4 Å². The number of likely N-dealkylation sites (tertiary alicyclic amines) is 1. The van der Waals surface area contributed by atoms with Crippen molar-refractivity contribution in [1.29, 1.82) is 0 Å². The maximum atomic E-state index is 14.0. The molecular formula is C30H30ClF3N4O3. The number of anilines is 1. The van der Waals surface area contributed by atoms with Gasteiger partial charge in [0.05, 0.1) is 17.3 Å². The van der Waals surface area contributed by atoms with Crippen LogP contribution in [0.2, 0.25) is 5.02 Å². The molecule has 2 saturated heterocycles. The molecule has 2 fully saturated rings. The summed E-state index contributed by atoms with van der Waals surface area (Å²) in [4.78, 5) is 36.5. The van der Waals surface area contributed by atoms with Crippen molar-refractivity contribution in [3.05, 3.63) is 88.8 Å². The Balaban J connectivity index is 1.33. The number of halogens is 4. The summed E-state index contributed by atoms with van der Waals surface area (Å²) in [5, 5.41) is -0.0373. The molecule has 2 aromatic carbocycles. The van der Waals surface area contributed by atoms with E-state index in [1.807, 2.05) is 11.8 Å². The number of hydrogen-bond donors (Lipinski definition) is 0. The lowest BCUT2D eigenvalue weighted by molar-refractivity contribution is -0.135. The molecule has 2 atom stereocenters. The Morgan fingerprint density at radius 1 is 1.00 bits per heavy atom. The van der Waals surface area contributed by atoms with Crippen LogP contribution in [0.15, 0.2) is 60.8 Å². The number of nitrogens with zero attached hydrogens (tertiary/aromatic N) is 4. The van der Waals surface area contributed by atoms with Crippen molar-refractivity contribution in [1.82, 2.24) is 14.8 Å². The third-order valence-electron chi connectivity index (χ3n) is 7.85. The van der Waals surface area contributed by atoms with Crippen LogP contribution in [0.5, 0.6) is 5.75 Å². The van der Waals surface area contributed by atoms with Crippen LogP contribution >= 0.6 is 11.6 Å². The average molecular weight is 587 g/mol. The molecule has 2 aliphatic rings. The average Bonchev–Trinajstić information content (AvgIpc) is 3.41. The molecule has 0 saturated carbocycles. The van der Waals surface area contributed by atoms with Crippen LogP contribution in [0.1, 0.15) is 31.2 Å². The highest BCUT2D eigenvalue weighted by Gasteiger charge is 2.43. The molecule has 2 amide bonds. The predicted molar refractivity (Wildman–Crippen MR) is 148 cm³/mol. The second-order valence-electron chi connectivity index (χ2n) is 10.3. The third kappa shape index (κ3) is 6.43. The number of benzene rings is 2. The van der Waals surface area contributed by atoms with E-state index in [0.717, 1.165) is 0 Å². The van der Waals surface area contributed by atoms with Crippen molar-refractivity contribution in [2.45, 2.75) is 31.7 Å². The summed E-state index contributed by atoms with van der Waals surface area (Å²) in [6.45, 7) is 3.91. The van der Waals surface area contributed by atoms with Crippen LogP contribution in [0.25, 0.3) is 0 Å². The monoisotopic (exact) mass is 586 g/mol. The number of aromatic nitrogens is 1. The minimum Gasteiger partial charge on any atom is -0.410 e. The lowest BCUT2D eigenvalue weighted by Crippen LogP contribution is -2.47. The molecule has 7 nitrogen and oxygen atoms in total. The summed E-state index contributed by atoms with van der Waals surface area (Å²) in [6, 6.07) is 12.1. The number of amides is 2. The van der Waals surface area contributed by atoms with Crippen molar-refractivity contribution >= 4 is 29.4 Å². The third-order valence-corrected chi connectivity index (χ3v) is 8.14. The minimum atomic E-state index is -0.628. The van der Waals surface area contributed by atoms with Crippen molar-refractivity contribution in [3.8, 4) is 5.75 Å². The van der Waals surface area contributed by atoms with Crippen molar-refractivity contribution in [2.24, 2.45) is 5.92 Å². The zero-order valence-corrected chi connectivity index (χ0v) is 23.2. The van der Waals surface area contributed by atoms with Gasteiger partial charge in [0.15, 0.2) is 0 Å². The molecule has 0 bridgehead atoms. The molecule has 216 valence electrons. The molecule has 11 heteroatoms. The quantitative estimate of drug-likeness (QED) is 0.361. The van der Waals surface area contributed by atoms with Gasteiger partial charge in [0.2, 0.25) is 5.91 Å². The molecule has 2 aliphatic heterocycles. The van der Waals surface area contributed by atoms with E-state index >= 15 is 0 Å². The van der Waals surface area contributed by atoms with E-state index in [1.165, 1.54) is 48.7 Å². The fourth-order valence-electron chi connectivity index (χ4n) is 5.68. The highest BCUT2D eigenvalue weighted by molar-refractivity contribution is 6.30. The van der Waals surface area contributed by atoms with Crippen LogP contribution in [0.3, 0.4) is 0 Å². The molecule has 0 aliphatic carbocycles. The number of carbonyl (C=O) groups is 2. The van der Waals surface area contributed by atoms with Crippen LogP contribution in [0, 0.1) is 23.4 Å². The number of ether oxygens (including phenoxy) is 1. The van der Waals surface area contributed by atoms with Crippen LogP contribution in [-0.2, 0) is 4.79 Å². The Kier molecular flexibility index (Phi) is 8.68. The fourth-order valence-corrected chi connectivity index (χ4v) is 5.87. The zero-order chi connectivity index (χ0) is 29.1. The summed E-state index contributed by atoms with van der Waals surface area (Å²) in [6.07, 6.45) is 1.77. The molecule has 0 radical (unpaired) electrons. The van der Waals surface area contributed by atoms with Gasteiger partial charge in [0, 0.05) is 44.6 Å². The second kappa shape index (κ2) is 12.4. The van der Waals surface area contributed by atoms with Crippen LogP contribution in [-0.4, -0.2) is 65.5 Å². The first-order chi connectivity index (χ1) is 19.7. The number of piperidine rings is 1. The van der Waals surface area contributed by atoms with Crippen molar-refractivity contribution in [3.63, 3.8) is 0 Å². The van der Waals surface area contributed by atoms with Gasteiger partial charge in [-0.25, -0.2) is 22.9 Å². The largest absolute Gasteiger partial charge is 0.415 e. The number of pyridine rings is 1. The standard InChI is InChI=1S/C30H30ClF3N4O3/c1-2-38(30(40)41-23-7-4-21(32)5-8-23)27-18-37(17-24(27)20-3-9-26(34)25(31)15-20)29(39)19-11-13-36(14-12-19)28-10-6-22(33)16-35-28/h3-10,15-16,19,24,27H,2,11-14,17-18H2,1H3/t24-,27+/m0/s1. The minimum absolute atomic E-state index is 0.0135. The Morgan fingerprint density at radius 2 is 1.71 bits per heavy atom. The maximum absolute atomic E-state index is 14.0. The summed E-state index contributed by atoms with van der Waals surface area (Å²) in [5.74, 6) is -1.10. The number of likely N-dealkylation sites (N-methyl/N-ethyl adjacent to an activating group) is 1. The van der Waals surface area contributed by atoms with E-state index in [2.05, 4.69) is 4.98 Å². The molecule has 5 rings (SSSR count). The zero-order valence-electron chi connectivity index (χ0n) is 22.5. The highest BCUT2D eigenvalue weighted by atomic mass is 35.5. The molecular weight excluding hydrogens is 557 g/mol.